The summed E-state index contributed by atoms with van der Waals surface area (Å²) in [5.74, 6) is 0.145. The van der Waals surface area contributed by atoms with Crippen LogP contribution in [0.3, 0.4) is 0 Å². The van der Waals surface area contributed by atoms with Crippen molar-refractivity contribution in [2.75, 3.05) is 0 Å². The van der Waals surface area contributed by atoms with Gasteiger partial charge in [0.1, 0.15) is 0 Å². The molecule has 0 spiro atoms. The lowest BCUT2D eigenvalue weighted by atomic mass is 10.1. The first-order chi connectivity index (χ1) is 5.61. The monoisotopic (exact) mass is 166 g/mol. The highest BCUT2D eigenvalue weighted by atomic mass is 16.6. The molecule has 0 fully saturated rings. The Morgan fingerprint density at radius 1 is 1.50 bits per heavy atom. The smallest absolute Gasteiger partial charge is 0.358 e. The molecule has 64 valence electrons. The van der Waals surface area contributed by atoms with E-state index in [2.05, 4.69) is 4.98 Å². The molecule has 0 saturated carbocycles. The minimum Gasteiger partial charge on any atom is -0.358 e. The molecule has 4 nitrogen and oxygen atoms in total. The maximum atomic E-state index is 10.3. The number of pyridine rings is 1. The van der Waals surface area contributed by atoms with Crippen LogP contribution in [0.25, 0.3) is 0 Å². The van der Waals surface area contributed by atoms with Gasteiger partial charge in [-0.3, -0.25) is 0 Å². The van der Waals surface area contributed by atoms with Crippen LogP contribution in [0.1, 0.15) is 25.5 Å². The van der Waals surface area contributed by atoms with Crippen LogP contribution >= 0.6 is 0 Å². The van der Waals surface area contributed by atoms with Gasteiger partial charge in [0.25, 0.3) is 0 Å². The molecular weight excluding hydrogens is 156 g/mol. The lowest BCUT2D eigenvalue weighted by molar-refractivity contribution is -0.389. The van der Waals surface area contributed by atoms with Crippen LogP contribution in [0.5, 0.6) is 0 Å². The number of hydrogen-bond acceptors (Lipinski definition) is 3. The third-order valence-corrected chi connectivity index (χ3v) is 1.53. The largest absolute Gasteiger partial charge is 0.363 e. The number of nitrogens with zero attached hydrogens (tertiary/aromatic N) is 2. The third-order valence-electron chi connectivity index (χ3n) is 1.53. The van der Waals surface area contributed by atoms with E-state index in [1.807, 2.05) is 13.8 Å². The highest BCUT2D eigenvalue weighted by molar-refractivity contribution is 5.22. The van der Waals surface area contributed by atoms with Crippen LogP contribution in [0.2, 0.25) is 0 Å². The Morgan fingerprint density at radius 3 is 2.67 bits per heavy atom. The lowest BCUT2D eigenvalue weighted by Gasteiger charge is -1.98. The van der Waals surface area contributed by atoms with Crippen LogP contribution in [-0.4, -0.2) is 9.91 Å². The van der Waals surface area contributed by atoms with Crippen LogP contribution in [-0.2, 0) is 0 Å². The van der Waals surface area contributed by atoms with Gasteiger partial charge >= 0.3 is 5.82 Å². The Balaban J connectivity index is 3.04. The van der Waals surface area contributed by atoms with Gasteiger partial charge in [0.2, 0.25) is 0 Å². The number of nitro groups is 1. The Labute approximate surface area is 70.4 Å². The van der Waals surface area contributed by atoms with Crippen LogP contribution in [0.4, 0.5) is 5.82 Å². The van der Waals surface area contributed by atoms with E-state index in [0.29, 0.717) is 0 Å². The molecule has 1 rings (SSSR count). The van der Waals surface area contributed by atoms with E-state index in [0.717, 1.165) is 5.69 Å². The molecule has 0 aliphatic rings. The molecule has 0 aliphatic carbocycles. The predicted octanol–water partition coefficient (Wildman–Crippen LogP) is 2.11. The molecule has 1 aromatic rings. The van der Waals surface area contributed by atoms with E-state index in [9.17, 15) is 10.1 Å². The van der Waals surface area contributed by atoms with Gasteiger partial charge in [-0.15, -0.1) is 0 Å². The first kappa shape index (κ1) is 8.64. The van der Waals surface area contributed by atoms with Crippen LogP contribution in [0, 0.1) is 10.1 Å². The summed E-state index contributed by atoms with van der Waals surface area (Å²) in [4.78, 5) is 13.7. The summed E-state index contributed by atoms with van der Waals surface area (Å²) in [6, 6.07) is 4.84. The van der Waals surface area contributed by atoms with Crippen molar-refractivity contribution in [3.05, 3.63) is 34.0 Å². The van der Waals surface area contributed by atoms with Crippen molar-refractivity contribution in [3.8, 4) is 0 Å². The van der Waals surface area contributed by atoms with Gasteiger partial charge in [-0.05, 0) is 22.0 Å². The van der Waals surface area contributed by atoms with Crippen molar-refractivity contribution < 1.29 is 4.92 Å². The summed E-state index contributed by atoms with van der Waals surface area (Å²) < 4.78 is 0. The average Bonchev–Trinajstić information content (AvgIpc) is 2.04. The molecule has 0 radical (unpaired) electrons. The van der Waals surface area contributed by atoms with Crippen molar-refractivity contribution in [2.45, 2.75) is 19.8 Å². The zero-order valence-corrected chi connectivity index (χ0v) is 7.02. The maximum Gasteiger partial charge on any atom is 0.363 e. The van der Waals surface area contributed by atoms with Crippen molar-refractivity contribution in [2.24, 2.45) is 0 Å². The minimum absolute atomic E-state index is 0.0822. The first-order valence-corrected chi connectivity index (χ1v) is 3.72. The minimum atomic E-state index is -0.480. The molecule has 4 heteroatoms. The molecule has 12 heavy (non-hydrogen) atoms. The van der Waals surface area contributed by atoms with Crippen molar-refractivity contribution >= 4 is 5.82 Å². The van der Waals surface area contributed by atoms with E-state index in [1.54, 1.807) is 12.1 Å². The van der Waals surface area contributed by atoms with E-state index >= 15 is 0 Å². The predicted molar refractivity (Wildman–Crippen MR) is 45.0 cm³/mol. The lowest BCUT2D eigenvalue weighted by Crippen LogP contribution is -1.97. The topological polar surface area (TPSA) is 56.0 Å². The second-order valence-corrected chi connectivity index (χ2v) is 2.83. The Hall–Kier alpha value is -1.45. The maximum absolute atomic E-state index is 10.3. The molecular formula is C8H10N2O2. The number of aromatic nitrogens is 1. The van der Waals surface area contributed by atoms with E-state index in [4.69, 9.17) is 0 Å². The summed E-state index contributed by atoms with van der Waals surface area (Å²) >= 11 is 0. The fraction of sp³-hybridized carbons (Fsp3) is 0.375. The van der Waals surface area contributed by atoms with Gasteiger partial charge in [-0.2, -0.15) is 0 Å². The molecule has 0 bridgehead atoms. The summed E-state index contributed by atoms with van der Waals surface area (Å²) in [5.41, 5.74) is 0.754. The zero-order valence-electron chi connectivity index (χ0n) is 7.02. The highest BCUT2D eigenvalue weighted by Crippen LogP contribution is 2.14. The van der Waals surface area contributed by atoms with E-state index in [-0.39, 0.29) is 11.7 Å². The van der Waals surface area contributed by atoms with Crippen LogP contribution in [0.15, 0.2) is 18.2 Å². The highest BCUT2D eigenvalue weighted by Gasteiger charge is 2.11. The number of hydrogen-bond donors (Lipinski definition) is 0. The molecule has 0 amide bonds. The first-order valence-electron chi connectivity index (χ1n) is 3.72. The molecule has 1 aromatic heterocycles. The molecule has 0 atom stereocenters. The Morgan fingerprint density at radius 2 is 2.17 bits per heavy atom. The van der Waals surface area contributed by atoms with E-state index in [1.165, 1.54) is 6.07 Å². The molecule has 0 saturated heterocycles. The quantitative estimate of drug-likeness (QED) is 0.499. The Bertz CT molecular complexity index is 297. The van der Waals surface area contributed by atoms with Gasteiger partial charge < -0.3 is 10.1 Å². The van der Waals surface area contributed by atoms with E-state index < -0.39 is 4.92 Å². The molecule has 0 aliphatic heterocycles. The van der Waals surface area contributed by atoms with Crippen molar-refractivity contribution in [1.82, 2.24) is 4.98 Å². The molecule has 0 N–H and O–H groups in total. The fourth-order valence-electron chi connectivity index (χ4n) is 0.863. The molecule has 1 heterocycles. The number of rotatable bonds is 2. The van der Waals surface area contributed by atoms with Crippen molar-refractivity contribution in [1.29, 1.82) is 0 Å². The van der Waals surface area contributed by atoms with Gasteiger partial charge in [0.15, 0.2) is 5.69 Å². The second-order valence-electron chi connectivity index (χ2n) is 2.83. The zero-order chi connectivity index (χ0) is 9.14. The molecule has 0 unspecified atom stereocenters. The molecule has 0 aromatic carbocycles. The van der Waals surface area contributed by atoms with Crippen molar-refractivity contribution in [3.63, 3.8) is 0 Å². The van der Waals surface area contributed by atoms with Gasteiger partial charge in [0.05, 0.1) is 0 Å². The van der Waals surface area contributed by atoms with Crippen LogP contribution < -0.4 is 0 Å². The second kappa shape index (κ2) is 3.30. The third kappa shape index (κ3) is 1.78. The van der Waals surface area contributed by atoms with Gasteiger partial charge in [0, 0.05) is 12.0 Å². The Kier molecular flexibility index (Phi) is 2.38. The summed E-state index contributed by atoms with van der Waals surface area (Å²) in [7, 11) is 0. The summed E-state index contributed by atoms with van der Waals surface area (Å²) in [6.45, 7) is 3.90. The normalized spacial score (nSPS) is 10.2. The average molecular weight is 166 g/mol. The SMILES string of the molecule is CC(C)c1cccc([N+](=O)[O-])n1. The standard InChI is InChI=1S/C8H10N2O2/c1-6(2)7-4-3-5-8(9-7)10(11)12/h3-6H,1-2H3. The summed E-state index contributed by atoms with van der Waals surface area (Å²) in [6.07, 6.45) is 0. The fourth-order valence-corrected chi connectivity index (χ4v) is 0.863. The van der Waals surface area contributed by atoms with Gasteiger partial charge in [-0.1, -0.05) is 13.8 Å². The van der Waals surface area contributed by atoms with Gasteiger partial charge in [-0.25, -0.2) is 0 Å². The summed E-state index contributed by atoms with van der Waals surface area (Å²) in [5, 5.41) is 10.3.